The van der Waals surface area contributed by atoms with Gasteiger partial charge in [0.2, 0.25) is 0 Å². The highest BCUT2D eigenvalue weighted by Crippen LogP contribution is 2.30. The molecule has 0 N–H and O–H groups in total. The first kappa shape index (κ1) is 10.4. The van der Waals surface area contributed by atoms with E-state index >= 15 is 0 Å². The molecule has 0 unspecified atom stereocenters. The second kappa shape index (κ2) is 4.19. The van der Waals surface area contributed by atoms with Gasteiger partial charge in [0.1, 0.15) is 0 Å². The van der Waals surface area contributed by atoms with E-state index in [2.05, 4.69) is 51.5 Å². The molecular formula is C12H13BrN2. The minimum atomic E-state index is 0.974. The molecular weight excluding hydrogens is 252 g/mol. The van der Waals surface area contributed by atoms with Crippen LogP contribution in [0.3, 0.4) is 0 Å². The number of hydrogen-bond donors (Lipinski definition) is 0. The van der Waals surface area contributed by atoms with E-state index in [1.165, 1.54) is 11.4 Å². The summed E-state index contributed by atoms with van der Waals surface area (Å²) in [6.07, 6.45) is 3.69. The van der Waals surface area contributed by atoms with E-state index in [1.807, 2.05) is 12.3 Å². The van der Waals surface area contributed by atoms with Gasteiger partial charge in [0.25, 0.3) is 0 Å². The van der Waals surface area contributed by atoms with Gasteiger partial charge in [-0.15, -0.1) is 0 Å². The predicted molar refractivity (Wildman–Crippen MR) is 65.8 cm³/mol. The van der Waals surface area contributed by atoms with Gasteiger partial charge in [-0.05, 0) is 48.0 Å². The number of hydrogen-bond acceptors (Lipinski definition) is 1. The monoisotopic (exact) mass is 264 g/mol. The van der Waals surface area contributed by atoms with Crippen LogP contribution in [0.25, 0.3) is 11.3 Å². The van der Waals surface area contributed by atoms with Crippen molar-refractivity contribution in [3.63, 3.8) is 0 Å². The van der Waals surface area contributed by atoms with E-state index in [-0.39, 0.29) is 0 Å². The van der Waals surface area contributed by atoms with Gasteiger partial charge in [-0.25, -0.2) is 0 Å². The molecule has 3 heteroatoms. The molecule has 0 amide bonds. The maximum Gasteiger partial charge on any atom is 0.0642 e. The molecule has 2 rings (SSSR count). The van der Waals surface area contributed by atoms with Crippen molar-refractivity contribution in [2.75, 3.05) is 0 Å². The first-order chi connectivity index (χ1) is 7.24. The molecule has 0 saturated heterocycles. The highest BCUT2D eigenvalue weighted by molar-refractivity contribution is 9.10. The molecule has 78 valence electrons. The number of rotatable bonds is 2. The fourth-order valence-corrected chi connectivity index (χ4v) is 2.61. The largest absolute Gasteiger partial charge is 0.344 e. The first-order valence-electron chi connectivity index (χ1n) is 5.00. The lowest BCUT2D eigenvalue weighted by Crippen LogP contribution is -1.99. The zero-order valence-electron chi connectivity index (χ0n) is 8.87. The lowest BCUT2D eigenvalue weighted by atomic mass is 10.2. The zero-order chi connectivity index (χ0) is 10.8. The number of aromatic nitrogens is 2. The summed E-state index contributed by atoms with van der Waals surface area (Å²) in [5.74, 6) is 0. The number of aryl methyl sites for hydroxylation is 1. The normalized spacial score (nSPS) is 10.6. The number of halogens is 1. The molecule has 2 heterocycles. The minimum Gasteiger partial charge on any atom is -0.344 e. The van der Waals surface area contributed by atoms with Crippen LogP contribution in [0.2, 0.25) is 0 Å². The summed E-state index contributed by atoms with van der Waals surface area (Å²) in [6, 6.07) is 6.19. The molecule has 0 aliphatic heterocycles. The standard InChI is InChI=1S/C12H13BrN2/c1-3-15-9(2)7-11(13)12(15)10-5-4-6-14-8-10/h4-8H,3H2,1-2H3. The molecule has 2 aromatic heterocycles. The van der Waals surface area contributed by atoms with Crippen molar-refractivity contribution in [1.82, 2.24) is 9.55 Å². The molecule has 0 bridgehead atoms. The molecule has 15 heavy (non-hydrogen) atoms. The van der Waals surface area contributed by atoms with Crippen molar-refractivity contribution in [3.8, 4) is 11.3 Å². The Morgan fingerprint density at radius 2 is 2.27 bits per heavy atom. The number of pyridine rings is 1. The molecule has 0 saturated carbocycles. The van der Waals surface area contributed by atoms with Crippen LogP contribution >= 0.6 is 15.9 Å². The summed E-state index contributed by atoms with van der Waals surface area (Å²) >= 11 is 3.60. The molecule has 2 aromatic rings. The second-order valence-electron chi connectivity index (χ2n) is 3.47. The van der Waals surface area contributed by atoms with Gasteiger partial charge in [0, 0.05) is 34.7 Å². The van der Waals surface area contributed by atoms with E-state index in [0.29, 0.717) is 0 Å². The molecule has 0 aromatic carbocycles. The van der Waals surface area contributed by atoms with Crippen LogP contribution in [0.5, 0.6) is 0 Å². The summed E-state index contributed by atoms with van der Waals surface area (Å²) in [7, 11) is 0. The van der Waals surface area contributed by atoms with Gasteiger partial charge >= 0.3 is 0 Å². The van der Waals surface area contributed by atoms with E-state index in [0.717, 1.165) is 16.6 Å². The lowest BCUT2D eigenvalue weighted by Gasteiger charge is -2.08. The van der Waals surface area contributed by atoms with Crippen LogP contribution < -0.4 is 0 Å². The molecule has 0 radical (unpaired) electrons. The average molecular weight is 265 g/mol. The second-order valence-corrected chi connectivity index (χ2v) is 4.32. The third-order valence-corrected chi connectivity index (χ3v) is 3.11. The van der Waals surface area contributed by atoms with Gasteiger partial charge in [-0.3, -0.25) is 4.98 Å². The summed E-state index contributed by atoms with van der Waals surface area (Å²) < 4.78 is 3.41. The predicted octanol–water partition coefficient (Wildman–Crippen LogP) is 3.64. The molecule has 0 aliphatic rings. The van der Waals surface area contributed by atoms with Crippen LogP contribution in [-0.4, -0.2) is 9.55 Å². The van der Waals surface area contributed by atoms with Crippen LogP contribution in [0.15, 0.2) is 35.1 Å². The molecule has 0 aliphatic carbocycles. The zero-order valence-corrected chi connectivity index (χ0v) is 10.5. The van der Waals surface area contributed by atoms with Crippen LogP contribution in [0.4, 0.5) is 0 Å². The molecule has 0 atom stereocenters. The van der Waals surface area contributed by atoms with Crippen molar-refractivity contribution < 1.29 is 0 Å². The Balaban J connectivity index is 2.62. The third kappa shape index (κ3) is 1.84. The fraction of sp³-hybridized carbons (Fsp3) is 0.250. The van der Waals surface area contributed by atoms with Gasteiger partial charge in [0.15, 0.2) is 0 Å². The van der Waals surface area contributed by atoms with E-state index in [4.69, 9.17) is 0 Å². The van der Waals surface area contributed by atoms with E-state index in [1.54, 1.807) is 6.20 Å². The SMILES string of the molecule is CCn1c(C)cc(Br)c1-c1cccnc1. The van der Waals surface area contributed by atoms with Crippen LogP contribution in [0, 0.1) is 6.92 Å². The Morgan fingerprint density at radius 1 is 1.47 bits per heavy atom. The minimum absolute atomic E-state index is 0.974. The van der Waals surface area contributed by atoms with Crippen molar-refractivity contribution in [1.29, 1.82) is 0 Å². The first-order valence-corrected chi connectivity index (χ1v) is 5.79. The van der Waals surface area contributed by atoms with Crippen LogP contribution in [0.1, 0.15) is 12.6 Å². The van der Waals surface area contributed by atoms with Gasteiger partial charge in [0.05, 0.1) is 5.69 Å². The van der Waals surface area contributed by atoms with Crippen LogP contribution in [-0.2, 0) is 6.54 Å². The molecule has 0 spiro atoms. The summed E-state index contributed by atoms with van der Waals surface area (Å²) in [5, 5.41) is 0. The van der Waals surface area contributed by atoms with Crippen molar-refractivity contribution in [3.05, 3.63) is 40.8 Å². The Kier molecular flexibility index (Phi) is 2.91. The summed E-state index contributed by atoms with van der Waals surface area (Å²) in [4.78, 5) is 4.15. The molecule has 2 nitrogen and oxygen atoms in total. The molecule has 0 fully saturated rings. The maximum atomic E-state index is 4.15. The Hall–Kier alpha value is -1.09. The van der Waals surface area contributed by atoms with E-state index < -0.39 is 0 Å². The topological polar surface area (TPSA) is 17.8 Å². The van der Waals surface area contributed by atoms with Crippen molar-refractivity contribution >= 4 is 15.9 Å². The summed E-state index contributed by atoms with van der Waals surface area (Å²) in [5.41, 5.74) is 3.63. The smallest absolute Gasteiger partial charge is 0.0642 e. The van der Waals surface area contributed by atoms with Crippen molar-refractivity contribution in [2.24, 2.45) is 0 Å². The van der Waals surface area contributed by atoms with Gasteiger partial charge in [-0.1, -0.05) is 0 Å². The third-order valence-electron chi connectivity index (χ3n) is 2.51. The highest BCUT2D eigenvalue weighted by atomic mass is 79.9. The fourth-order valence-electron chi connectivity index (χ4n) is 1.84. The number of nitrogens with zero attached hydrogens (tertiary/aromatic N) is 2. The summed E-state index contributed by atoms with van der Waals surface area (Å²) in [6.45, 7) is 5.25. The van der Waals surface area contributed by atoms with E-state index in [9.17, 15) is 0 Å². The Labute approximate surface area is 98.1 Å². The average Bonchev–Trinajstić information content (AvgIpc) is 2.54. The van der Waals surface area contributed by atoms with Crippen molar-refractivity contribution in [2.45, 2.75) is 20.4 Å². The Bertz CT molecular complexity index is 460. The highest BCUT2D eigenvalue weighted by Gasteiger charge is 2.11. The quantitative estimate of drug-likeness (QED) is 0.810. The lowest BCUT2D eigenvalue weighted by molar-refractivity contribution is 0.749. The Morgan fingerprint density at radius 3 is 2.87 bits per heavy atom. The van der Waals surface area contributed by atoms with Gasteiger partial charge in [-0.2, -0.15) is 0 Å². The maximum absolute atomic E-state index is 4.15. The van der Waals surface area contributed by atoms with Gasteiger partial charge < -0.3 is 4.57 Å².